The maximum absolute atomic E-state index is 10.6. The Balaban J connectivity index is 0. The zero-order chi connectivity index (χ0) is 9.78. The third-order valence-electron chi connectivity index (χ3n) is 0.788. The summed E-state index contributed by atoms with van der Waals surface area (Å²) >= 11 is 0. The number of aliphatic hydroxyl groups excluding tert-OH is 1. The van der Waals surface area contributed by atoms with Gasteiger partial charge in [-0.2, -0.15) is 0 Å². The number of nitrogens with two attached hydrogens (primary N) is 1. The molecular formula is C5H12ClNO3. The Bertz CT molecular complexity index is 164. The molecule has 62 valence electrons. The van der Waals surface area contributed by atoms with Crippen LogP contribution in [0.4, 0.5) is 0 Å². The number of rotatable bonds is 3. The number of ether oxygens (including phenoxy) is 1. The van der Waals surface area contributed by atoms with Crippen LogP contribution in [0.25, 0.3) is 0 Å². The average Bonchev–Trinajstić information content (AvgIpc) is 1.82. The number of hydrogen-bond donors (Lipinski definition) is 2. The van der Waals surface area contributed by atoms with Crippen molar-refractivity contribution >= 4 is 18.4 Å². The molecular weight excluding hydrogens is 158 g/mol. The topological polar surface area (TPSA) is 72.5 Å². The first-order chi connectivity index (χ1) is 5.35. The predicted molar refractivity (Wildman–Crippen MR) is 38.9 cm³/mol. The van der Waals surface area contributed by atoms with E-state index in [0.29, 0.717) is 0 Å². The number of carbonyl (C=O) groups is 1. The van der Waals surface area contributed by atoms with E-state index in [9.17, 15) is 4.79 Å². The Labute approximate surface area is 70.0 Å². The summed E-state index contributed by atoms with van der Waals surface area (Å²) in [6.45, 7) is -0.101. The van der Waals surface area contributed by atoms with Gasteiger partial charge in [-0.15, -0.1) is 12.4 Å². The minimum Gasteiger partial charge on any atom is -0.469 e. The zero-order valence-electron chi connectivity index (χ0n) is 8.24. The molecule has 0 aliphatic carbocycles. The van der Waals surface area contributed by atoms with Crippen LogP contribution in [0.15, 0.2) is 0 Å². The number of esters is 1. The summed E-state index contributed by atoms with van der Waals surface area (Å²) in [7, 11) is -2.74. The molecule has 5 heteroatoms. The second-order valence-electron chi connectivity index (χ2n) is 1.57. The first-order valence-corrected chi connectivity index (χ1v) is 2.45. The van der Waals surface area contributed by atoms with E-state index in [4.69, 9.17) is 15.0 Å². The fourth-order valence-corrected chi connectivity index (χ4v) is 0.317. The van der Waals surface area contributed by atoms with Crippen LogP contribution in [0.1, 0.15) is 10.5 Å². The first kappa shape index (κ1) is 6.39. The van der Waals surface area contributed by atoms with Crippen molar-refractivity contribution in [2.45, 2.75) is 12.5 Å². The molecule has 0 saturated carbocycles. The average molecular weight is 173 g/mol. The molecule has 3 N–H and O–H groups in total. The molecule has 10 heavy (non-hydrogen) atoms. The van der Waals surface area contributed by atoms with Gasteiger partial charge in [0.25, 0.3) is 0 Å². The van der Waals surface area contributed by atoms with Crippen LogP contribution in [0.2, 0.25) is 0 Å². The Morgan fingerprint density at radius 1 is 2.00 bits per heavy atom. The van der Waals surface area contributed by atoms with Crippen LogP contribution < -0.4 is 5.73 Å². The van der Waals surface area contributed by atoms with E-state index in [2.05, 4.69) is 4.74 Å². The van der Waals surface area contributed by atoms with Gasteiger partial charge in [0, 0.05) is 6.54 Å². The van der Waals surface area contributed by atoms with Crippen LogP contribution in [-0.2, 0) is 9.53 Å². The molecule has 4 nitrogen and oxygen atoms in total. The van der Waals surface area contributed by atoms with Gasteiger partial charge in [-0.05, 0) is 0 Å². The summed E-state index contributed by atoms with van der Waals surface area (Å²) in [6, 6.07) is 0. The van der Waals surface area contributed by atoms with E-state index in [1.807, 2.05) is 0 Å². The number of halogens is 1. The minimum absolute atomic E-state index is 0. The lowest BCUT2D eigenvalue weighted by Crippen LogP contribution is -2.23. The van der Waals surface area contributed by atoms with Crippen molar-refractivity contribution in [3.05, 3.63) is 0 Å². The van der Waals surface area contributed by atoms with Crippen LogP contribution in [0.5, 0.6) is 0 Å². The Morgan fingerprint density at radius 3 is 3.00 bits per heavy atom. The summed E-state index contributed by atoms with van der Waals surface area (Å²) in [5, 5.41) is 8.82. The van der Waals surface area contributed by atoms with Gasteiger partial charge in [-0.25, -0.2) is 0 Å². The Hall–Kier alpha value is -0.320. The smallest absolute Gasteiger partial charge is 0.308 e. The van der Waals surface area contributed by atoms with Gasteiger partial charge in [0.05, 0.1) is 23.7 Å². The quantitative estimate of drug-likeness (QED) is 0.552. The van der Waals surface area contributed by atoms with Crippen molar-refractivity contribution in [2.75, 3.05) is 13.6 Å². The number of carbonyl (C=O) groups excluding carboxylic acids is 1. The highest BCUT2D eigenvalue weighted by molar-refractivity contribution is 5.85. The highest BCUT2D eigenvalue weighted by Gasteiger charge is 2.07. The van der Waals surface area contributed by atoms with Crippen molar-refractivity contribution in [1.82, 2.24) is 0 Å². The van der Waals surface area contributed by atoms with Crippen molar-refractivity contribution in [1.29, 1.82) is 0 Å². The zero-order valence-corrected chi connectivity index (χ0v) is 6.06. The van der Waals surface area contributed by atoms with Gasteiger partial charge < -0.3 is 15.6 Å². The molecule has 0 amide bonds. The fourth-order valence-electron chi connectivity index (χ4n) is 0.317. The maximum atomic E-state index is 10.6. The molecule has 0 bridgehead atoms. The molecule has 0 radical (unpaired) electrons. The molecule has 0 aromatic heterocycles. The molecule has 0 heterocycles. The van der Waals surface area contributed by atoms with Gasteiger partial charge in [0.1, 0.15) is 0 Å². The van der Waals surface area contributed by atoms with Gasteiger partial charge in [0.15, 0.2) is 0 Å². The van der Waals surface area contributed by atoms with Crippen molar-refractivity contribution in [3.8, 4) is 0 Å². The minimum atomic E-state index is -2.74. The highest BCUT2D eigenvalue weighted by atomic mass is 35.5. The van der Waals surface area contributed by atoms with Gasteiger partial charge >= 0.3 is 5.97 Å². The number of aliphatic hydroxyl groups is 1. The lowest BCUT2D eigenvalue weighted by molar-refractivity contribution is -0.142. The van der Waals surface area contributed by atoms with Gasteiger partial charge in [-0.3, -0.25) is 4.79 Å². The Morgan fingerprint density at radius 2 is 2.60 bits per heavy atom. The molecule has 0 spiro atoms. The molecule has 0 fully saturated rings. The monoisotopic (exact) mass is 172 g/mol. The standard InChI is InChI=1S/C5H11NO3.ClH/c1-9-5(8)2-4(7)3-6;/h4,7H,2-3,6H2,1H3;1H/i1D3;. The molecule has 0 saturated heterocycles. The Kier molecular flexibility index (Phi) is 4.34. The number of hydrogen-bond acceptors (Lipinski definition) is 4. The molecule has 0 aliphatic heterocycles. The van der Waals surface area contributed by atoms with E-state index < -0.39 is 25.5 Å². The fraction of sp³-hybridized carbons (Fsp3) is 0.800. The summed E-state index contributed by atoms with van der Waals surface area (Å²) < 4.78 is 23.6. The van der Waals surface area contributed by atoms with E-state index in [1.165, 1.54) is 0 Å². The van der Waals surface area contributed by atoms with Gasteiger partial charge in [0.2, 0.25) is 0 Å². The summed E-state index contributed by atoms with van der Waals surface area (Å²) in [6.07, 6.45) is -1.44. The lowest BCUT2D eigenvalue weighted by Gasteiger charge is -2.03. The predicted octanol–water partition coefficient (Wildman–Crippen LogP) is -0.709. The second kappa shape index (κ2) is 6.80. The maximum Gasteiger partial charge on any atom is 0.308 e. The molecule has 0 rings (SSSR count). The third kappa shape index (κ3) is 5.81. The van der Waals surface area contributed by atoms with Crippen LogP contribution in [0, 0.1) is 0 Å². The molecule has 0 aromatic rings. The molecule has 1 atom stereocenters. The van der Waals surface area contributed by atoms with Crippen LogP contribution in [-0.4, -0.2) is 30.8 Å². The van der Waals surface area contributed by atoms with Crippen molar-refractivity contribution in [2.24, 2.45) is 5.73 Å². The lowest BCUT2D eigenvalue weighted by atomic mass is 10.2. The summed E-state index contributed by atoms with van der Waals surface area (Å²) in [4.78, 5) is 10.6. The highest BCUT2D eigenvalue weighted by Crippen LogP contribution is 1.89. The largest absolute Gasteiger partial charge is 0.469 e. The molecule has 1 unspecified atom stereocenters. The van der Waals surface area contributed by atoms with E-state index in [0.717, 1.165) is 0 Å². The van der Waals surface area contributed by atoms with Gasteiger partial charge in [-0.1, -0.05) is 0 Å². The van der Waals surface area contributed by atoms with Crippen LogP contribution in [0.3, 0.4) is 0 Å². The van der Waals surface area contributed by atoms with Crippen molar-refractivity contribution in [3.63, 3.8) is 0 Å². The summed E-state index contributed by atoms with van der Waals surface area (Å²) in [5.41, 5.74) is 4.99. The van der Waals surface area contributed by atoms with E-state index >= 15 is 0 Å². The third-order valence-corrected chi connectivity index (χ3v) is 0.788. The SMILES string of the molecule is Cl.[2H]C([2H])([2H])OC(=O)CC(O)CN. The van der Waals surface area contributed by atoms with Crippen LogP contribution >= 0.6 is 12.4 Å². The van der Waals surface area contributed by atoms with Crippen molar-refractivity contribution < 1.29 is 18.8 Å². The summed E-state index contributed by atoms with van der Waals surface area (Å²) in [5.74, 6) is -0.979. The molecule has 0 aliphatic rings. The first-order valence-electron chi connectivity index (χ1n) is 3.95. The second-order valence-corrected chi connectivity index (χ2v) is 1.57. The normalized spacial score (nSPS) is 17.2. The molecule has 0 aromatic carbocycles. The van der Waals surface area contributed by atoms with E-state index in [-0.39, 0.29) is 19.0 Å². The van der Waals surface area contributed by atoms with E-state index in [1.54, 1.807) is 0 Å². The number of methoxy groups -OCH3 is 1.